The van der Waals surface area contributed by atoms with Gasteiger partial charge < -0.3 is 5.32 Å². The van der Waals surface area contributed by atoms with Gasteiger partial charge in [-0.2, -0.15) is 0 Å². The molecular formula is C18H29N3O3S. The summed E-state index contributed by atoms with van der Waals surface area (Å²) in [5.41, 5.74) is 0.498. The van der Waals surface area contributed by atoms with E-state index in [0.29, 0.717) is 17.5 Å². The fraction of sp³-hybridized carbons (Fsp3) is 0.611. The summed E-state index contributed by atoms with van der Waals surface area (Å²) in [5.74, 6) is 1.04. The van der Waals surface area contributed by atoms with Crippen molar-refractivity contribution < 1.29 is 13.2 Å². The molecule has 7 heteroatoms. The lowest BCUT2D eigenvalue weighted by atomic mass is 9.91. The van der Waals surface area contributed by atoms with Crippen LogP contribution in [0.2, 0.25) is 0 Å². The Morgan fingerprint density at radius 1 is 1.24 bits per heavy atom. The monoisotopic (exact) mass is 367 g/mol. The van der Waals surface area contributed by atoms with Crippen LogP contribution in [-0.2, 0) is 14.8 Å². The van der Waals surface area contributed by atoms with Crippen LogP contribution in [0.4, 0.5) is 5.69 Å². The van der Waals surface area contributed by atoms with Gasteiger partial charge in [0, 0.05) is 32.9 Å². The van der Waals surface area contributed by atoms with E-state index < -0.39 is 10.0 Å². The fourth-order valence-corrected chi connectivity index (χ4v) is 4.33. The van der Waals surface area contributed by atoms with Crippen LogP contribution in [0, 0.1) is 11.8 Å². The predicted molar refractivity (Wildman–Crippen MR) is 99.9 cm³/mol. The van der Waals surface area contributed by atoms with Crippen LogP contribution in [-0.4, -0.2) is 56.8 Å². The number of carbonyl (C=O) groups excluding carboxylic acids is 1. The van der Waals surface area contributed by atoms with E-state index in [9.17, 15) is 13.2 Å². The summed E-state index contributed by atoms with van der Waals surface area (Å²) in [7, 11) is -0.544. The van der Waals surface area contributed by atoms with E-state index in [-0.39, 0.29) is 16.8 Å². The zero-order chi connectivity index (χ0) is 18.8. The zero-order valence-corrected chi connectivity index (χ0v) is 16.5. The first-order valence-electron chi connectivity index (χ1n) is 8.68. The first kappa shape index (κ1) is 19.9. The Bertz CT molecular complexity index is 708. The molecule has 0 unspecified atom stereocenters. The van der Waals surface area contributed by atoms with Gasteiger partial charge in [-0.3, -0.25) is 9.69 Å². The van der Waals surface area contributed by atoms with Crippen molar-refractivity contribution in [1.29, 1.82) is 0 Å². The summed E-state index contributed by atoms with van der Waals surface area (Å²) in [6.45, 7) is 8.15. The van der Waals surface area contributed by atoms with Crippen molar-refractivity contribution in [2.24, 2.45) is 11.8 Å². The average molecular weight is 368 g/mol. The number of nitrogens with zero attached hydrogens (tertiary/aromatic N) is 2. The minimum atomic E-state index is -3.52. The summed E-state index contributed by atoms with van der Waals surface area (Å²) < 4.78 is 25.6. The van der Waals surface area contributed by atoms with Crippen LogP contribution < -0.4 is 5.32 Å². The van der Waals surface area contributed by atoms with Crippen molar-refractivity contribution in [1.82, 2.24) is 9.21 Å². The molecule has 3 atom stereocenters. The lowest BCUT2D eigenvalue weighted by Crippen LogP contribution is -2.48. The molecule has 0 aliphatic carbocycles. The molecule has 1 aromatic carbocycles. The van der Waals surface area contributed by atoms with Gasteiger partial charge in [0.25, 0.3) is 0 Å². The first-order valence-corrected chi connectivity index (χ1v) is 10.1. The normalized spacial score (nSPS) is 23.4. The number of benzene rings is 1. The Labute approximate surface area is 151 Å². The number of hydrogen-bond donors (Lipinski definition) is 1. The number of rotatable bonds is 5. The van der Waals surface area contributed by atoms with Gasteiger partial charge in [0.05, 0.1) is 10.9 Å². The molecule has 1 fully saturated rings. The van der Waals surface area contributed by atoms with Crippen molar-refractivity contribution in [3.63, 3.8) is 0 Å². The lowest BCUT2D eigenvalue weighted by Gasteiger charge is -2.38. The topological polar surface area (TPSA) is 69.7 Å². The largest absolute Gasteiger partial charge is 0.325 e. The highest BCUT2D eigenvalue weighted by atomic mass is 32.2. The molecule has 1 N–H and O–H groups in total. The van der Waals surface area contributed by atoms with E-state index in [1.54, 1.807) is 12.1 Å². The van der Waals surface area contributed by atoms with Gasteiger partial charge in [-0.15, -0.1) is 0 Å². The van der Waals surface area contributed by atoms with Gasteiger partial charge in [0.1, 0.15) is 0 Å². The van der Waals surface area contributed by atoms with E-state index in [1.807, 2.05) is 6.92 Å². The molecule has 1 aliphatic rings. The van der Waals surface area contributed by atoms with E-state index >= 15 is 0 Å². The molecule has 1 aliphatic heterocycles. The number of sulfonamides is 1. The maximum Gasteiger partial charge on any atom is 0.242 e. The molecule has 0 spiro atoms. The maximum absolute atomic E-state index is 12.6. The molecule has 0 radical (unpaired) electrons. The predicted octanol–water partition coefficient (Wildman–Crippen LogP) is 2.24. The number of hydrogen-bond acceptors (Lipinski definition) is 4. The molecule has 25 heavy (non-hydrogen) atoms. The maximum atomic E-state index is 12.6. The number of carbonyl (C=O) groups is 1. The summed E-state index contributed by atoms with van der Waals surface area (Å²) in [6, 6.07) is 6.13. The molecule has 6 nitrogen and oxygen atoms in total. The Balaban J connectivity index is 2.10. The third-order valence-electron chi connectivity index (χ3n) is 4.70. The SMILES string of the molecule is C[C@H]1C[C@H](C)CN([C@@H](C)C(=O)Nc2cccc(S(=O)(=O)N(C)C)c2)C1. The second-order valence-corrected chi connectivity index (χ2v) is 9.53. The van der Waals surface area contributed by atoms with Crippen molar-refractivity contribution in [2.75, 3.05) is 32.5 Å². The Morgan fingerprint density at radius 2 is 1.84 bits per heavy atom. The van der Waals surface area contributed by atoms with Gasteiger partial charge in [0.15, 0.2) is 0 Å². The molecule has 1 saturated heterocycles. The van der Waals surface area contributed by atoms with Gasteiger partial charge in [0.2, 0.25) is 15.9 Å². The van der Waals surface area contributed by atoms with E-state index in [4.69, 9.17) is 0 Å². The van der Waals surface area contributed by atoms with Crippen LogP contribution in [0.3, 0.4) is 0 Å². The Hall–Kier alpha value is -1.44. The van der Waals surface area contributed by atoms with Crippen molar-refractivity contribution >= 4 is 21.6 Å². The number of piperidine rings is 1. The molecule has 1 aromatic rings. The number of likely N-dealkylation sites (tertiary alicyclic amines) is 1. The van der Waals surface area contributed by atoms with Crippen LogP contribution >= 0.6 is 0 Å². The smallest absolute Gasteiger partial charge is 0.242 e. The summed E-state index contributed by atoms with van der Waals surface area (Å²) >= 11 is 0. The van der Waals surface area contributed by atoms with Crippen molar-refractivity contribution in [3.05, 3.63) is 24.3 Å². The molecule has 0 bridgehead atoms. The summed E-state index contributed by atoms with van der Waals surface area (Å²) in [4.78, 5) is 15.0. The van der Waals surface area contributed by atoms with E-state index in [2.05, 4.69) is 24.1 Å². The molecule has 1 heterocycles. The highest BCUT2D eigenvalue weighted by molar-refractivity contribution is 7.89. The van der Waals surface area contributed by atoms with Gasteiger partial charge in [-0.25, -0.2) is 12.7 Å². The minimum absolute atomic E-state index is 0.110. The van der Waals surface area contributed by atoms with Gasteiger partial charge >= 0.3 is 0 Å². The number of nitrogens with one attached hydrogen (secondary N) is 1. The standard InChI is InChI=1S/C18H29N3O3S/c1-13-9-14(2)12-21(11-13)15(3)18(22)19-16-7-6-8-17(10-16)25(23,24)20(4)5/h6-8,10,13-15H,9,11-12H2,1-5H3,(H,19,22)/t13-,14-,15-/m0/s1. The number of anilines is 1. The highest BCUT2D eigenvalue weighted by Crippen LogP contribution is 2.23. The minimum Gasteiger partial charge on any atom is -0.325 e. The van der Waals surface area contributed by atoms with Crippen LogP contribution in [0.15, 0.2) is 29.2 Å². The molecule has 0 aromatic heterocycles. The fourth-order valence-electron chi connectivity index (χ4n) is 3.39. The average Bonchev–Trinajstić information content (AvgIpc) is 2.53. The zero-order valence-electron chi connectivity index (χ0n) is 15.7. The summed E-state index contributed by atoms with van der Waals surface area (Å²) in [6.07, 6.45) is 1.19. The quantitative estimate of drug-likeness (QED) is 0.866. The van der Waals surface area contributed by atoms with Crippen LogP contribution in [0.25, 0.3) is 0 Å². The van der Waals surface area contributed by atoms with Gasteiger partial charge in [-0.1, -0.05) is 19.9 Å². The van der Waals surface area contributed by atoms with Crippen molar-refractivity contribution in [3.8, 4) is 0 Å². The molecular weight excluding hydrogens is 338 g/mol. The second kappa shape index (κ2) is 7.85. The molecule has 140 valence electrons. The van der Waals surface area contributed by atoms with Gasteiger partial charge in [-0.05, 0) is 43.4 Å². The lowest BCUT2D eigenvalue weighted by molar-refractivity contribution is -0.121. The third-order valence-corrected chi connectivity index (χ3v) is 6.52. The third kappa shape index (κ3) is 4.80. The summed E-state index contributed by atoms with van der Waals surface area (Å²) in [5, 5.41) is 2.86. The Kier molecular flexibility index (Phi) is 6.24. The first-order chi connectivity index (χ1) is 11.6. The Morgan fingerprint density at radius 3 is 2.40 bits per heavy atom. The van der Waals surface area contributed by atoms with Crippen LogP contribution in [0.1, 0.15) is 27.2 Å². The molecule has 1 amide bonds. The van der Waals surface area contributed by atoms with E-state index in [0.717, 1.165) is 17.4 Å². The molecule has 0 saturated carbocycles. The number of amides is 1. The molecule has 2 rings (SSSR count). The van der Waals surface area contributed by atoms with E-state index in [1.165, 1.54) is 32.6 Å². The van der Waals surface area contributed by atoms with Crippen molar-refractivity contribution in [2.45, 2.75) is 38.1 Å². The second-order valence-electron chi connectivity index (χ2n) is 7.38. The highest BCUT2D eigenvalue weighted by Gasteiger charge is 2.29. The van der Waals surface area contributed by atoms with Crippen LogP contribution in [0.5, 0.6) is 0 Å².